The van der Waals surface area contributed by atoms with Crippen molar-refractivity contribution < 1.29 is 154 Å². The van der Waals surface area contributed by atoms with Crippen molar-refractivity contribution in [3.8, 4) is 0 Å². The summed E-state index contributed by atoms with van der Waals surface area (Å²) >= 11 is 0. The van der Waals surface area contributed by atoms with E-state index in [0.717, 1.165) is 0 Å². The molecule has 0 radical (unpaired) electrons. The van der Waals surface area contributed by atoms with Crippen LogP contribution in [0.15, 0.2) is 0 Å². The van der Waals surface area contributed by atoms with E-state index in [2.05, 4.69) is 0 Å². The summed E-state index contributed by atoms with van der Waals surface area (Å²) in [7, 11) is 0. The second kappa shape index (κ2) is 23.5. The van der Waals surface area contributed by atoms with Crippen LogP contribution in [0.3, 0.4) is 0 Å². The Morgan fingerprint density at radius 1 is 0.224 bits per heavy atom. The van der Waals surface area contributed by atoms with E-state index < -0.39 is 224 Å². The molecule has 0 saturated carbocycles. The van der Waals surface area contributed by atoms with E-state index in [4.69, 9.17) is 52.1 Å². The lowest BCUT2D eigenvalue weighted by molar-refractivity contribution is -0.398. The predicted molar refractivity (Wildman–Crippen MR) is 199 cm³/mol. The lowest BCUT2D eigenvalue weighted by atomic mass is 9.95. The van der Waals surface area contributed by atoms with Crippen LogP contribution in [0.2, 0.25) is 0 Å². The van der Waals surface area contributed by atoms with Gasteiger partial charge in [0.15, 0.2) is 37.7 Å². The van der Waals surface area contributed by atoms with E-state index in [-0.39, 0.29) is 0 Å². The highest BCUT2D eigenvalue weighted by Gasteiger charge is 2.58. The van der Waals surface area contributed by atoms with Crippen LogP contribution in [-0.4, -0.2) is 326 Å². The Morgan fingerprint density at radius 3 is 0.687 bits per heavy atom. The third-order valence-electron chi connectivity index (χ3n) is 12.4. The highest BCUT2D eigenvalue weighted by atomic mass is 16.8. The Morgan fingerprint density at radius 2 is 0.433 bits per heavy atom. The number of aliphatic hydroxyl groups is 20. The van der Waals surface area contributed by atoms with Crippen LogP contribution in [0, 0.1) is 0 Å². The first kappa shape index (κ1) is 55.1. The van der Waals surface area contributed by atoms with Gasteiger partial charge in [-0.3, -0.25) is 0 Å². The van der Waals surface area contributed by atoms with Crippen molar-refractivity contribution in [3.05, 3.63) is 0 Å². The Hall–Kier alpha value is -1.24. The zero-order valence-electron chi connectivity index (χ0n) is 35.0. The number of aliphatic hydroxyl groups excluding tert-OH is 20. The van der Waals surface area contributed by atoms with Gasteiger partial charge in [-0.05, 0) is 0 Å². The molecule has 0 aromatic rings. The van der Waals surface area contributed by atoms with Crippen LogP contribution in [0.25, 0.3) is 0 Å². The fourth-order valence-corrected chi connectivity index (χ4v) is 8.49. The first-order chi connectivity index (χ1) is 31.8. The summed E-state index contributed by atoms with van der Waals surface area (Å²) < 4.78 is 60.4. The molecule has 0 spiro atoms. The lowest BCUT2D eigenvalue weighted by Gasteiger charge is -2.50. The summed E-state index contributed by atoms with van der Waals surface area (Å²) in [6.07, 6.45) is -58.5. The van der Waals surface area contributed by atoms with Crippen LogP contribution < -0.4 is 0 Å². The first-order valence-electron chi connectivity index (χ1n) is 21.1. The summed E-state index contributed by atoms with van der Waals surface area (Å²) in [5, 5.41) is 211. The van der Waals surface area contributed by atoms with E-state index in [0.29, 0.717) is 0 Å². The Bertz CT molecular complexity index is 1510. The van der Waals surface area contributed by atoms with Crippen molar-refractivity contribution in [2.45, 2.75) is 184 Å². The molecule has 0 aromatic heterocycles. The van der Waals surface area contributed by atoms with Gasteiger partial charge in [0.25, 0.3) is 0 Å². The van der Waals surface area contributed by atoms with Gasteiger partial charge >= 0.3 is 0 Å². The summed E-state index contributed by atoms with van der Waals surface area (Å²) in [4.78, 5) is 0. The topological polar surface area (TPSA) is 506 Å². The normalized spacial score (nSPS) is 53.4. The highest BCUT2D eigenvalue weighted by Crippen LogP contribution is 2.37. The molecular weight excluding hydrogens is 928 g/mol. The largest absolute Gasteiger partial charge is 0.394 e. The molecule has 6 aliphatic heterocycles. The Balaban J connectivity index is 1.18. The second-order valence-corrected chi connectivity index (χ2v) is 16.8. The molecule has 30 atom stereocenters. The third-order valence-corrected chi connectivity index (χ3v) is 12.4. The maximum atomic E-state index is 11.5. The van der Waals surface area contributed by atoms with E-state index in [9.17, 15) is 102 Å². The SMILES string of the molecule is OC[C@H]1O[C@@H](O[C@@H]2[C@@H](O)[C@H](O[C@@H]3[C@@H](O)[C@H](O[C@@H]4[C@@H](O)[C@H](O[C@@H]5[C@@H](O)[C@H](O[C@H]6[C@H](O)[C@@H](CO)OC(O)[C@H]6O)O[C@H](CO)[C@H]5O)O[C@H](CO)[C@H]4O)O[C@H](CO)[C@H]3O)O[C@H](CO)[C@H]2O)[C@H](O)[C@@H](O)[C@@H]1O. The molecule has 31 nitrogen and oxygen atoms in total. The maximum absolute atomic E-state index is 11.5. The minimum atomic E-state index is -2.26. The minimum absolute atomic E-state index is 0.862. The van der Waals surface area contributed by atoms with Gasteiger partial charge in [-0.25, -0.2) is 0 Å². The van der Waals surface area contributed by atoms with Crippen molar-refractivity contribution in [2.75, 3.05) is 39.6 Å². The van der Waals surface area contributed by atoms with Crippen LogP contribution in [0.5, 0.6) is 0 Å². The number of ether oxygens (including phenoxy) is 11. The summed E-state index contributed by atoms with van der Waals surface area (Å²) in [6, 6.07) is 0. The molecule has 20 N–H and O–H groups in total. The molecule has 392 valence electrons. The molecule has 6 heterocycles. The van der Waals surface area contributed by atoms with Gasteiger partial charge in [-0.2, -0.15) is 0 Å². The molecule has 6 fully saturated rings. The highest BCUT2D eigenvalue weighted by molar-refractivity contribution is 5.00. The fourth-order valence-electron chi connectivity index (χ4n) is 8.49. The van der Waals surface area contributed by atoms with E-state index >= 15 is 0 Å². The van der Waals surface area contributed by atoms with Crippen molar-refractivity contribution in [3.63, 3.8) is 0 Å². The monoisotopic (exact) mass is 990 g/mol. The second-order valence-electron chi connectivity index (χ2n) is 16.8. The molecule has 0 aliphatic carbocycles. The van der Waals surface area contributed by atoms with Gasteiger partial charge in [0.05, 0.1) is 39.6 Å². The predicted octanol–water partition coefficient (Wildman–Crippen LogP) is -14.1. The average molecular weight is 991 g/mol. The van der Waals surface area contributed by atoms with Crippen molar-refractivity contribution >= 4 is 0 Å². The Labute approximate surface area is 378 Å². The van der Waals surface area contributed by atoms with Gasteiger partial charge in [0.1, 0.15) is 146 Å². The molecular formula is C36H62O31. The number of rotatable bonds is 16. The van der Waals surface area contributed by atoms with Crippen LogP contribution in [0.4, 0.5) is 0 Å². The molecule has 1 unspecified atom stereocenters. The first-order valence-corrected chi connectivity index (χ1v) is 21.1. The molecule has 6 aliphatic rings. The van der Waals surface area contributed by atoms with Gasteiger partial charge in [-0.15, -0.1) is 0 Å². The molecule has 0 aromatic carbocycles. The van der Waals surface area contributed by atoms with Gasteiger partial charge in [-0.1, -0.05) is 0 Å². The molecule has 6 saturated heterocycles. The Kier molecular flexibility index (Phi) is 19.4. The van der Waals surface area contributed by atoms with E-state index in [1.54, 1.807) is 0 Å². The van der Waals surface area contributed by atoms with Gasteiger partial charge < -0.3 is 154 Å². The quantitative estimate of drug-likeness (QED) is 0.0683. The molecule has 0 amide bonds. The maximum Gasteiger partial charge on any atom is 0.187 e. The zero-order valence-corrected chi connectivity index (χ0v) is 35.0. The van der Waals surface area contributed by atoms with Gasteiger partial charge in [0, 0.05) is 0 Å². The third kappa shape index (κ3) is 11.2. The van der Waals surface area contributed by atoms with E-state index in [1.165, 1.54) is 0 Å². The van der Waals surface area contributed by atoms with Crippen molar-refractivity contribution in [1.82, 2.24) is 0 Å². The summed E-state index contributed by atoms with van der Waals surface area (Å²) in [5.74, 6) is 0. The number of hydrogen-bond donors (Lipinski definition) is 20. The molecule has 31 heteroatoms. The van der Waals surface area contributed by atoms with Crippen LogP contribution in [-0.2, 0) is 52.1 Å². The van der Waals surface area contributed by atoms with Crippen LogP contribution in [0.1, 0.15) is 0 Å². The minimum Gasteiger partial charge on any atom is -0.394 e. The number of hydrogen-bond acceptors (Lipinski definition) is 31. The summed E-state index contributed by atoms with van der Waals surface area (Å²) in [6.45, 7) is -5.79. The smallest absolute Gasteiger partial charge is 0.187 e. The lowest BCUT2D eigenvalue weighted by Crippen LogP contribution is -2.68. The van der Waals surface area contributed by atoms with Gasteiger partial charge in [0.2, 0.25) is 0 Å². The van der Waals surface area contributed by atoms with E-state index in [1.807, 2.05) is 0 Å². The zero-order chi connectivity index (χ0) is 49.3. The molecule has 6 rings (SSSR count). The molecule has 67 heavy (non-hydrogen) atoms. The van der Waals surface area contributed by atoms with Crippen molar-refractivity contribution in [2.24, 2.45) is 0 Å². The van der Waals surface area contributed by atoms with Crippen LogP contribution >= 0.6 is 0 Å². The summed E-state index contributed by atoms with van der Waals surface area (Å²) in [5.41, 5.74) is 0. The van der Waals surface area contributed by atoms with Crippen molar-refractivity contribution in [1.29, 1.82) is 0 Å². The average Bonchev–Trinajstić information content (AvgIpc) is 3.31. The standard InChI is InChI=1S/C36H62O31/c37-1-7-13(43)19(49)20(50)32(58-7)64-27-15(45)9(3-39)60-34(22(27)52)66-29-17(47)11(5-41)62-36(24(29)54)67-30-18(48)12(6-42)61-35(25(30)55)65-28-16(46)10(4-40)59-33(23(28)53)63-26-14(44)8(2-38)57-31(56)21(26)51/h7-56H,1-6H2/t7-,8-,9-,10-,11-,12-,13-,14-,15-,16-,17-,18-,19+,20-,21+,22-,23-,24-,25-,26+,27+,28+,29+,30+,31?,32+,33+,34+,35+,36+/m1/s1. The molecule has 0 bridgehead atoms. The fraction of sp³-hybridized carbons (Fsp3) is 1.00.